The number of rotatable bonds is 5. The van der Waals surface area contributed by atoms with E-state index in [2.05, 4.69) is 10.0 Å². The lowest BCUT2D eigenvalue weighted by Gasteiger charge is -2.05. The number of amides is 1. The Morgan fingerprint density at radius 3 is 2.64 bits per heavy atom. The first-order valence-corrected chi connectivity index (χ1v) is 8.39. The topological polar surface area (TPSA) is 75.3 Å². The van der Waals surface area contributed by atoms with Gasteiger partial charge in [-0.1, -0.05) is 0 Å². The number of benzene rings is 1. The van der Waals surface area contributed by atoms with E-state index in [1.165, 1.54) is 19.2 Å². The first kappa shape index (κ1) is 16.5. The van der Waals surface area contributed by atoms with Crippen molar-refractivity contribution in [1.29, 1.82) is 0 Å². The zero-order valence-corrected chi connectivity index (χ0v) is 13.0. The van der Waals surface area contributed by atoms with Gasteiger partial charge in [-0.3, -0.25) is 4.79 Å². The predicted octanol–water partition coefficient (Wildman–Crippen LogP) is 1.86. The minimum Gasteiger partial charge on any atom is -0.347 e. The van der Waals surface area contributed by atoms with E-state index in [0.717, 1.165) is 29.5 Å². The predicted molar refractivity (Wildman–Crippen MR) is 78.1 cm³/mol. The molecule has 0 bridgehead atoms. The van der Waals surface area contributed by atoms with Crippen molar-refractivity contribution in [2.75, 3.05) is 7.05 Å². The van der Waals surface area contributed by atoms with Crippen LogP contribution >= 0.6 is 11.3 Å². The summed E-state index contributed by atoms with van der Waals surface area (Å²) in [6.07, 6.45) is 0. The molecule has 2 aromatic rings. The third-order valence-electron chi connectivity index (χ3n) is 2.77. The van der Waals surface area contributed by atoms with Crippen LogP contribution in [0, 0.1) is 11.6 Å². The molecule has 0 unspecified atom stereocenters. The van der Waals surface area contributed by atoms with Gasteiger partial charge < -0.3 is 5.32 Å². The van der Waals surface area contributed by atoms with Crippen LogP contribution in [0.3, 0.4) is 0 Å². The van der Waals surface area contributed by atoms with Crippen LogP contribution in [-0.2, 0) is 16.6 Å². The van der Waals surface area contributed by atoms with Gasteiger partial charge in [0.05, 0.1) is 12.1 Å². The molecule has 22 heavy (non-hydrogen) atoms. The maximum absolute atomic E-state index is 13.4. The highest BCUT2D eigenvalue weighted by Gasteiger charge is 2.16. The van der Waals surface area contributed by atoms with Crippen LogP contribution in [0.5, 0.6) is 0 Å². The van der Waals surface area contributed by atoms with E-state index in [-0.39, 0.29) is 10.8 Å². The molecule has 0 atom stereocenters. The summed E-state index contributed by atoms with van der Waals surface area (Å²) in [6, 6.07) is 5.53. The van der Waals surface area contributed by atoms with Crippen molar-refractivity contribution in [3.05, 3.63) is 52.4 Å². The fraction of sp³-hybridized carbons (Fsp3) is 0.154. The molecule has 2 N–H and O–H groups in total. The van der Waals surface area contributed by atoms with Gasteiger partial charge in [0.25, 0.3) is 5.91 Å². The number of hydrogen-bond donors (Lipinski definition) is 2. The SMILES string of the molecule is CNS(=O)(=O)c1ccc(CNC(=O)c2cc(F)ccc2F)s1. The Morgan fingerprint density at radius 2 is 1.95 bits per heavy atom. The second-order valence-electron chi connectivity index (χ2n) is 4.24. The first-order valence-electron chi connectivity index (χ1n) is 6.09. The summed E-state index contributed by atoms with van der Waals surface area (Å²) in [4.78, 5) is 12.4. The molecule has 0 aliphatic heterocycles. The molecule has 0 saturated carbocycles. The van der Waals surface area contributed by atoms with E-state index in [1.54, 1.807) is 0 Å². The Morgan fingerprint density at radius 1 is 1.23 bits per heavy atom. The summed E-state index contributed by atoms with van der Waals surface area (Å²) >= 11 is 0.976. The Balaban J connectivity index is 2.07. The molecule has 1 aromatic carbocycles. The van der Waals surface area contributed by atoms with Gasteiger partial charge in [0.15, 0.2) is 0 Å². The zero-order valence-electron chi connectivity index (χ0n) is 11.4. The fourth-order valence-corrected chi connectivity index (χ4v) is 3.77. The highest BCUT2D eigenvalue weighted by Crippen LogP contribution is 2.21. The average molecular weight is 346 g/mol. The molecule has 9 heteroatoms. The summed E-state index contributed by atoms with van der Waals surface area (Å²) in [5.41, 5.74) is -0.403. The standard InChI is InChI=1S/C13H12F2N2O3S2/c1-16-22(19,20)12-5-3-9(21-12)7-17-13(18)10-6-8(14)2-4-11(10)15/h2-6,16H,7H2,1H3,(H,17,18). The number of thiophene rings is 1. The Kier molecular flexibility index (Phi) is 4.89. The number of carbonyl (C=O) groups excluding carboxylic acids is 1. The van der Waals surface area contributed by atoms with Crippen molar-refractivity contribution < 1.29 is 22.0 Å². The third kappa shape index (κ3) is 3.67. The van der Waals surface area contributed by atoms with Gasteiger partial charge in [-0.2, -0.15) is 0 Å². The van der Waals surface area contributed by atoms with Crippen LogP contribution in [0.1, 0.15) is 15.2 Å². The zero-order chi connectivity index (χ0) is 16.3. The van der Waals surface area contributed by atoms with Gasteiger partial charge in [-0.05, 0) is 37.4 Å². The number of halogens is 2. The number of sulfonamides is 1. The van der Waals surface area contributed by atoms with E-state index in [0.29, 0.717) is 4.88 Å². The normalized spacial score (nSPS) is 11.4. The maximum Gasteiger partial charge on any atom is 0.254 e. The van der Waals surface area contributed by atoms with Gasteiger partial charge >= 0.3 is 0 Å². The highest BCUT2D eigenvalue weighted by molar-refractivity contribution is 7.91. The molecule has 2 rings (SSSR count). The van der Waals surface area contributed by atoms with E-state index in [4.69, 9.17) is 0 Å². The van der Waals surface area contributed by atoms with Crippen molar-refractivity contribution in [3.63, 3.8) is 0 Å². The average Bonchev–Trinajstić information content (AvgIpc) is 2.97. The van der Waals surface area contributed by atoms with Crippen LogP contribution < -0.4 is 10.0 Å². The minimum atomic E-state index is -3.53. The molecule has 1 heterocycles. The van der Waals surface area contributed by atoms with Crippen LogP contribution in [0.15, 0.2) is 34.5 Å². The smallest absolute Gasteiger partial charge is 0.254 e. The third-order valence-corrected chi connectivity index (χ3v) is 5.76. The molecule has 5 nitrogen and oxygen atoms in total. The largest absolute Gasteiger partial charge is 0.347 e. The van der Waals surface area contributed by atoms with Gasteiger partial charge in [0.2, 0.25) is 10.0 Å². The number of nitrogens with one attached hydrogen (secondary N) is 2. The minimum absolute atomic E-state index is 0.0126. The van der Waals surface area contributed by atoms with Crippen molar-refractivity contribution in [3.8, 4) is 0 Å². The molecule has 1 aromatic heterocycles. The van der Waals surface area contributed by atoms with Crippen molar-refractivity contribution >= 4 is 27.3 Å². The first-order chi connectivity index (χ1) is 10.3. The lowest BCUT2D eigenvalue weighted by atomic mass is 10.2. The van der Waals surface area contributed by atoms with Gasteiger partial charge in [-0.15, -0.1) is 11.3 Å². The molecule has 1 amide bonds. The molecular weight excluding hydrogens is 334 g/mol. The Labute approximate surface area is 130 Å². The molecule has 0 saturated heterocycles. The van der Waals surface area contributed by atoms with E-state index < -0.39 is 33.1 Å². The fourth-order valence-electron chi connectivity index (χ4n) is 1.63. The highest BCUT2D eigenvalue weighted by atomic mass is 32.2. The van der Waals surface area contributed by atoms with Crippen molar-refractivity contribution in [1.82, 2.24) is 10.0 Å². The van der Waals surface area contributed by atoms with Gasteiger partial charge in [0, 0.05) is 4.88 Å². The molecule has 118 valence electrons. The number of carbonyl (C=O) groups is 1. The Bertz CT molecular complexity index is 803. The van der Waals surface area contributed by atoms with Crippen LogP contribution in [-0.4, -0.2) is 21.4 Å². The number of hydrogen-bond acceptors (Lipinski definition) is 4. The summed E-state index contributed by atoms with van der Waals surface area (Å²) in [7, 11) is -2.24. The maximum atomic E-state index is 13.4. The van der Waals surface area contributed by atoms with Crippen LogP contribution in [0.25, 0.3) is 0 Å². The lowest BCUT2D eigenvalue weighted by molar-refractivity contribution is 0.0946. The van der Waals surface area contributed by atoms with Crippen LogP contribution in [0.2, 0.25) is 0 Å². The molecular formula is C13H12F2N2O3S2. The summed E-state index contributed by atoms with van der Waals surface area (Å²) in [6.45, 7) is 0.0126. The second kappa shape index (κ2) is 6.51. The monoisotopic (exact) mass is 346 g/mol. The molecule has 0 fully saturated rings. The van der Waals surface area contributed by atoms with E-state index >= 15 is 0 Å². The van der Waals surface area contributed by atoms with Gasteiger partial charge in [-0.25, -0.2) is 21.9 Å². The van der Waals surface area contributed by atoms with Crippen molar-refractivity contribution in [2.45, 2.75) is 10.8 Å². The Hall–Kier alpha value is -1.84. The summed E-state index contributed by atoms with van der Waals surface area (Å²) < 4.78 is 51.9. The summed E-state index contributed by atoms with van der Waals surface area (Å²) in [5, 5.41) is 2.42. The lowest BCUT2D eigenvalue weighted by Crippen LogP contribution is -2.23. The molecule has 0 spiro atoms. The van der Waals surface area contributed by atoms with Crippen LogP contribution in [0.4, 0.5) is 8.78 Å². The molecule has 0 radical (unpaired) electrons. The quantitative estimate of drug-likeness (QED) is 0.868. The second-order valence-corrected chi connectivity index (χ2v) is 7.52. The summed E-state index contributed by atoms with van der Waals surface area (Å²) in [5.74, 6) is -2.32. The van der Waals surface area contributed by atoms with E-state index in [1.807, 2.05) is 0 Å². The van der Waals surface area contributed by atoms with E-state index in [9.17, 15) is 22.0 Å². The molecule has 0 aliphatic carbocycles. The van der Waals surface area contributed by atoms with Gasteiger partial charge in [0.1, 0.15) is 15.8 Å². The molecule has 0 aliphatic rings. The van der Waals surface area contributed by atoms with Crippen molar-refractivity contribution in [2.24, 2.45) is 0 Å².